The van der Waals surface area contributed by atoms with Crippen molar-refractivity contribution in [2.24, 2.45) is 0 Å². The number of rotatable bonds is 4. The van der Waals surface area contributed by atoms with E-state index in [1.165, 1.54) is 18.6 Å². The van der Waals surface area contributed by atoms with Gasteiger partial charge in [0.15, 0.2) is 0 Å². The zero-order valence-electron chi connectivity index (χ0n) is 10.6. The largest absolute Gasteiger partial charge is 0.465 e. The second kappa shape index (κ2) is 6.00. The topological polar surface area (TPSA) is 72.5 Å². The maximum absolute atomic E-state index is 13.2. The summed E-state index contributed by atoms with van der Waals surface area (Å²) in [4.78, 5) is 11.2. The third kappa shape index (κ3) is 3.34. The first kappa shape index (κ1) is 15.7. The fourth-order valence-corrected chi connectivity index (χ4v) is 3.94. The number of hydrogen-bond donors (Lipinski definition) is 1. The van der Waals surface area contributed by atoms with Crippen molar-refractivity contribution in [1.82, 2.24) is 0 Å². The van der Waals surface area contributed by atoms with Gasteiger partial charge < -0.3 is 4.74 Å². The molecule has 0 aliphatic heterocycles. The van der Waals surface area contributed by atoms with Crippen molar-refractivity contribution in [3.05, 3.63) is 45.4 Å². The number of ether oxygens (including phenoxy) is 1. The molecule has 0 fully saturated rings. The molecule has 0 spiro atoms. The number of benzene rings is 1. The summed E-state index contributed by atoms with van der Waals surface area (Å²) in [5, 5.41) is 1.40. The summed E-state index contributed by atoms with van der Waals surface area (Å²) in [6.07, 6.45) is 0. The van der Waals surface area contributed by atoms with E-state index in [0.717, 1.165) is 29.5 Å². The Morgan fingerprint density at radius 1 is 1.38 bits per heavy atom. The number of halogens is 2. The molecule has 0 aliphatic rings. The van der Waals surface area contributed by atoms with Gasteiger partial charge in [-0.15, -0.1) is 11.3 Å². The average molecular weight is 350 g/mol. The van der Waals surface area contributed by atoms with Crippen LogP contribution in [-0.2, 0) is 14.8 Å². The average Bonchev–Trinajstić information content (AvgIpc) is 2.87. The molecular weight excluding hydrogens is 341 g/mol. The number of methoxy groups -OCH3 is 1. The molecule has 1 heterocycles. The number of carbonyl (C=O) groups excluding carboxylic acids is 1. The molecule has 112 valence electrons. The van der Waals surface area contributed by atoms with Gasteiger partial charge in [0, 0.05) is 0 Å². The third-order valence-electron chi connectivity index (χ3n) is 2.46. The van der Waals surface area contributed by atoms with Crippen molar-refractivity contribution in [2.45, 2.75) is 4.90 Å². The Kier molecular flexibility index (Phi) is 4.50. The lowest BCUT2D eigenvalue weighted by atomic mass is 10.3. The van der Waals surface area contributed by atoms with Crippen molar-refractivity contribution < 1.29 is 22.3 Å². The standard InChI is InChI=1S/C12H9ClFNO4S2/c1-19-12(16)11-9(4-5-20-11)15-21(17,18)10-6-7(14)2-3-8(10)13/h2-6,15H,1H3. The van der Waals surface area contributed by atoms with Crippen molar-refractivity contribution >= 4 is 44.6 Å². The third-order valence-corrected chi connectivity index (χ3v) is 5.20. The first-order valence-electron chi connectivity index (χ1n) is 5.49. The molecule has 1 aromatic carbocycles. The van der Waals surface area contributed by atoms with Crippen LogP contribution in [0.3, 0.4) is 0 Å². The van der Waals surface area contributed by atoms with E-state index < -0.39 is 26.7 Å². The molecule has 0 atom stereocenters. The number of carbonyl (C=O) groups is 1. The first-order chi connectivity index (χ1) is 9.85. The number of sulfonamides is 1. The Morgan fingerprint density at radius 2 is 2.10 bits per heavy atom. The highest BCUT2D eigenvalue weighted by atomic mass is 35.5. The number of anilines is 1. The van der Waals surface area contributed by atoms with E-state index >= 15 is 0 Å². The lowest BCUT2D eigenvalue weighted by Crippen LogP contribution is -2.15. The van der Waals surface area contributed by atoms with Gasteiger partial charge >= 0.3 is 5.97 Å². The highest BCUT2D eigenvalue weighted by molar-refractivity contribution is 7.92. The van der Waals surface area contributed by atoms with Gasteiger partial charge in [0.25, 0.3) is 10.0 Å². The zero-order chi connectivity index (χ0) is 15.6. The monoisotopic (exact) mass is 349 g/mol. The molecule has 0 radical (unpaired) electrons. The molecule has 0 saturated carbocycles. The minimum absolute atomic E-state index is 0.0483. The number of thiophene rings is 1. The minimum Gasteiger partial charge on any atom is -0.465 e. The van der Waals surface area contributed by atoms with Gasteiger partial charge in [0.1, 0.15) is 15.6 Å². The number of esters is 1. The molecule has 2 aromatic rings. The molecule has 1 aromatic heterocycles. The van der Waals surface area contributed by atoms with Crippen LogP contribution in [0.2, 0.25) is 5.02 Å². The number of hydrogen-bond acceptors (Lipinski definition) is 5. The van der Waals surface area contributed by atoms with Crippen molar-refractivity contribution in [2.75, 3.05) is 11.8 Å². The van der Waals surface area contributed by atoms with E-state index in [1.54, 1.807) is 0 Å². The highest BCUT2D eigenvalue weighted by Gasteiger charge is 2.23. The summed E-state index contributed by atoms with van der Waals surface area (Å²) in [6, 6.07) is 4.39. The van der Waals surface area contributed by atoms with Crippen LogP contribution in [0.4, 0.5) is 10.1 Å². The Morgan fingerprint density at radius 3 is 2.76 bits per heavy atom. The Bertz CT molecular complexity index is 788. The van der Waals surface area contributed by atoms with Crippen molar-refractivity contribution in [3.63, 3.8) is 0 Å². The summed E-state index contributed by atoms with van der Waals surface area (Å²) in [5.74, 6) is -1.41. The fourth-order valence-electron chi connectivity index (χ4n) is 1.52. The molecule has 5 nitrogen and oxygen atoms in total. The van der Waals surface area contributed by atoms with Crippen LogP contribution < -0.4 is 4.72 Å². The maximum atomic E-state index is 13.2. The van der Waals surface area contributed by atoms with E-state index in [0.29, 0.717) is 0 Å². The quantitative estimate of drug-likeness (QED) is 0.861. The molecular formula is C12H9ClFNO4S2. The van der Waals surface area contributed by atoms with E-state index in [-0.39, 0.29) is 15.6 Å². The highest BCUT2D eigenvalue weighted by Crippen LogP contribution is 2.28. The van der Waals surface area contributed by atoms with Gasteiger partial charge in [-0.05, 0) is 29.6 Å². The number of nitrogens with one attached hydrogen (secondary N) is 1. The second-order valence-electron chi connectivity index (χ2n) is 3.84. The summed E-state index contributed by atoms with van der Waals surface area (Å²) in [5.41, 5.74) is 0.0483. The molecule has 1 N–H and O–H groups in total. The van der Waals surface area contributed by atoms with Crippen molar-refractivity contribution in [3.8, 4) is 0 Å². The van der Waals surface area contributed by atoms with Crippen LogP contribution in [0, 0.1) is 5.82 Å². The molecule has 21 heavy (non-hydrogen) atoms. The summed E-state index contributed by atoms with van der Waals surface area (Å²) < 4.78 is 44.4. The smallest absolute Gasteiger partial charge is 0.350 e. The first-order valence-corrected chi connectivity index (χ1v) is 8.23. The second-order valence-corrected chi connectivity index (χ2v) is 6.81. The predicted octanol–water partition coefficient (Wildman–Crippen LogP) is 3.13. The molecule has 0 amide bonds. The van der Waals surface area contributed by atoms with Crippen LogP contribution in [-0.4, -0.2) is 21.5 Å². The summed E-state index contributed by atoms with van der Waals surface area (Å²) in [7, 11) is -2.94. The lowest BCUT2D eigenvalue weighted by molar-refractivity contribution is 0.0607. The van der Waals surface area contributed by atoms with E-state index in [9.17, 15) is 17.6 Å². The fraction of sp³-hybridized carbons (Fsp3) is 0.0833. The van der Waals surface area contributed by atoms with Crippen LogP contribution >= 0.6 is 22.9 Å². The minimum atomic E-state index is -4.12. The van der Waals surface area contributed by atoms with Gasteiger partial charge in [0.05, 0.1) is 17.8 Å². The molecule has 9 heteroatoms. The van der Waals surface area contributed by atoms with Crippen LogP contribution in [0.5, 0.6) is 0 Å². The zero-order valence-corrected chi connectivity index (χ0v) is 13.0. The Balaban J connectivity index is 2.41. The normalized spacial score (nSPS) is 11.2. The van der Waals surface area contributed by atoms with Crippen LogP contribution in [0.15, 0.2) is 34.5 Å². The van der Waals surface area contributed by atoms with Gasteiger partial charge in [-0.1, -0.05) is 11.6 Å². The maximum Gasteiger partial charge on any atom is 0.350 e. The van der Waals surface area contributed by atoms with Gasteiger partial charge in [-0.2, -0.15) is 0 Å². The lowest BCUT2D eigenvalue weighted by Gasteiger charge is -2.09. The van der Waals surface area contributed by atoms with E-state index in [2.05, 4.69) is 9.46 Å². The molecule has 2 rings (SSSR count). The van der Waals surface area contributed by atoms with E-state index in [1.807, 2.05) is 0 Å². The van der Waals surface area contributed by atoms with Crippen LogP contribution in [0.1, 0.15) is 9.67 Å². The molecule has 0 aliphatic carbocycles. The van der Waals surface area contributed by atoms with Crippen LogP contribution in [0.25, 0.3) is 0 Å². The predicted molar refractivity (Wildman–Crippen MR) is 77.9 cm³/mol. The van der Waals surface area contributed by atoms with Crippen molar-refractivity contribution in [1.29, 1.82) is 0 Å². The molecule has 0 unspecified atom stereocenters. The van der Waals surface area contributed by atoms with E-state index in [4.69, 9.17) is 11.6 Å². The Labute approximate surface area is 129 Å². The summed E-state index contributed by atoms with van der Waals surface area (Å²) >= 11 is 6.79. The van der Waals surface area contributed by atoms with Gasteiger partial charge in [-0.3, -0.25) is 4.72 Å². The summed E-state index contributed by atoms with van der Waals surface area (Å²) in [6.45, 7) is 0. The van der Waals surface area contributed by atoms with Gasteiger partial charge in [0.2, 0.25) is 0 Å². The Hall–Kier alpha value is -1.64. The molecule has 0 bridgehead atoms. The van der Waals surface area contributed by atoms with Gasteiger partial charge in [-0.25, -0.2) is 17.6 Å². The molecule has 0 saturated heterocycles. The SMILES string of the molecule is COC(=O)c1sccc1NS(=O)(=O)c1cc(F)ccc1Cl.